The van der Waals surface area contributed by atoms with Gasteiger partial charge in [0.15, 0.2) is 24.1 Å². The maximum absolute atomic E-state index is 14.1. The Kier molecular flexibility index (Phi) is 11.6. The Morgan fingerprint density at radius 2 is 1.48 bits per heavy atom. The number of carboxylic acid groups (broad SMARTS) is 1. The maximum atomic E-state index is 14.1. The van der Waals surface area contributed by atoms with E-state index in [0.717, 1.165) is 18.2 Å². The van der Waals surface area contributed by atoms with E-state index in [0.29, 0.717) is 0 Å². The molecular formula is C39H40FNO19. The number of aliphatic carboxylic acids is 1. The van der Waals surface area contributed by atoms with Crippen LogP contribution in [0.15, 0.2) is 24.3 Å². The number of rotatable bonds is 10. The summed E-state index contributed by atoms with van der Waals surface area (Å²) in [5.74, 6) is -7.36. The molecule has 0 bridgehead atoms. The number of hydrogen-bond acceptors (Lipinski definition) is 18. The number of nitrogens with one attached hydrogen (secondary N) is 1. The molecule has 0 saturated carbocycles. The number of ketones is 2. The van der Waals surface area contributed by atoms with Crippen molar-refractivity contribution in [2.24, 2.45) is 0 Å². The van der Waals surface area contributed by atoms with Crippen molar-refractivity contribution in [1.82, 2.24) is 5.32 Å². The van der Waals surface area contributed by atoms with Crippen LogP contribution in [0.2, 0.25) is 0 Å². The third-order valence-corrected chi connectivity index (χ3v) is 10.8. The highest BCUT2D eigenvalue weighted by Gasteiger charge is 2.51. The zero-order valence-corrected chi connectivity index (χ0v) is 31.5. The first kappa shape index (κ1) is 42.8. The highest BCUT2D eigenvalue weighted by Crippen LogP contribution is 2.57. The van der Waals surface area contributed by atoms with E-state index in [9.17, 15) is 74.6 Å². The summed E-state index contributed by atoms with van der Waals surface area (Å²) in [5, 5.41) is 111. The first-order valence-electron chi connectivity index (χ1n) is 18.5. The van der Waals surface area contributed by atoms with Crippen molar-refractivity contribution in [2.75, 3.05) is 26.4 Å². The minimum absolute atomic E-state index is 0.0217. The van der Waals surface area contributed by atoms with Gasteiger partial charge >= 0.3 is 5.97 Å². The van der Waals surface area contributed by atoms with Crippen molar-refractivity contribution >= 4 is 23.4 Å². The number of benzene rings is 3. The molecule has 0 spiro atoms. The quantitative estimate of drug-likeness (QED) is 0.0922. The molecule has 20 nitrogen and oxygen atoms in total. The van der Waals surface area contributed by atoms with Gasteiger partial charge in [0.1, 0.15) is 91.7 Å². The Bertz CT molecular complexity index is 2270. The second-order valence-corrected chi connectivity index (χ2v) is 14.7. The van der Waals surface area contributed by atoms with Crippen LogP contribution in [0.25, 0.3) is 11.1 Å². The maximum Gasteiger partial charge on any atom is 0.322 e. The van der Waals surface area contributed by atoms with Crippen molar-refractivity contribution in [3.8, 4) is 34.1 Å². The van der Waals surface area contributed by atoms with Crippen LogP contribution in [0.5, 0.6) is 23.0 Å². The number of amides is 1. The summed E-state index contributed by atoms with van der Waals surface area (Å²) in [4.78, 5) is 52.7. The van der Waals surface area contributed by atoms with Crippen LogP contribution in [0, 0.1) is 6.92 Å². The van der Waals surface area contributed by atoms with Gasteiger partial charge in [-0.15, -0.1) is 0 Å². The number of fused-ring (bicyclic) bond motifs is 5. The summed E-state index contributed by atoms with van der Waals surface area (Å²) in [6.07, 6.45) is -18.8. The summed E-state index contributed by atoms with van der Waals surface area (Å²) < 4.78 is 41.0. The molecule has 11 N–H and O–H groups in total. The van der Waals surface area contributed by atoms with E-state index in [2.05, 4.69) is 5.32 Å². The van der Waals surface area contributed by atoms with E-state index >= 15 is 0 Å². The first-order valence-corrected chi connectivity index (χ1v) is 18.5. The summed E-state index contributed by atoms with van der Waals surface area (Å²) in [7, 11) is 0. The number of aliphatic hydroxyl groups is 6. The molecular weight excluding hydrogens is 805 g/mol. The SMILES string of the molecule is Cc1cc2c(c(O)c1C(=O)NCC(=O)O)-c1c(cc3c(c1O)C(=O)c1cc(OCCF)cc(O)c1C3=O)[C@H](O)[C@H]2O[C@@H]1O[C@H](C)[C@H](O)[C@H](O[C@@H]2OC[C@@H](O)[C@H](O)[C@H]2O)[C@H]1O. The number of carbonyl (C=O) groups excluding carboxylic acids is 3. The molecule has 2 fully saturated rings. The largest absolute Gasteiger partial charge is 0.507 e. The van der Waals surface area contributed by atoms with Gasteiger partial charge in [-0.25, -0.2) is 4.39 Å². The minimum Gasteiger partial charge on any atom is -0.507 e. The normalized spacial score (nSPS) is 29.5. The summed E-state index contributed by atoms with van der Waals surface area (Å²) in [6, 6.07) is 4.26. The van der Waals surface area contributed by atoms with Gasteiger partial charge in [-0.3, -0.25) is 19.2 Å². The van der Waals surface area contributed by atoms with Gasteiger partial charge in [-0.1, -0.05) is 6.07 Å². The number of phenols is 3. The fraction of sp³-hybridized carbons (Fsp3) is 0.436. The van der Waals surface area contributed by atoms with Gasteiger partial charge < -0.3 is 80.1 Å². The molecule has 2 saturated heterocycles. The number of aryl methyl sites for hydroxylation is 1. The Labute approximate surface area is 337 Å². The monoisotopic (exact) mass is 845 g/mol. The van der Waals surface area contributed by atoms with Crippen LogP contribution in [0.4, 0.5) is 4.39 Å². The van der Waals surface area contributed by atoms with Crippen LogP contribution >= 0.6 is 0 Å². The number of halogens is 1. The lowest BCUT2D eigenvalue weighted by Gasteiger charge is -2.45. The number of aliphatic hydroxyl groups excluding tert-OH is 6. The molecule has 11 atom stereocenters. The molecule has 322 valence electrons. The molecule has 2 heterocycles. The zero-order chi connectivity index (χ0) is 43.6. The highest BCUT2D eigenvalue weighted by molar-refractivity contribution is 6.31. The number of ether oxygens (including phenoxy) is 5. The molecule has 3 aromatic carbocycles. The standard InChI is InChI=1S/C39H40FNO19/c1-11-5-17-24(31(51)21(11)37(55)41-9-20(44)45)23-15(8-16-25(32(23)52)28(48)14-6-13(56-4-3-40)7-18(42)22(14)27(16)47)29(49)35(17)59-39-34(54)36(26(46)12(2)58-39)60-38-33(53)30(50)19(43)10-57-38/h5-8,12,19,26,29-30,33-36,38-39,42-43,46,49-54H,3-4,9-10H2,1-2H3,(H,41,55)(H,44,45)/t12-,19-,26+,29+,30+,33-,34-,35+,36+,38+,39+/m1/s1. The van der Waals surface area contributed by atoms with E-state index in [-0.39, 0.29) is 22.4 Å². The second kappa shape index (κ2) is 16.3. The van der Waals surface area contributed by atoms with Gasteiger partial charge in [0.25, 0.3) is 5.91 Å². The van der Waals surface area contributed by atoms with Crippen molar-refractivity contribution in [2.45, 2.75) is 81.4 Å². The van der Waals surface area contributed by atoms with Crippen molar-refractivity contribution in [3.05, 3.63) is 68.8 Å². The molecule has 21 heteroatoms. The predicted octanol–water partition coefficient (Wildman–Crippen LogP) is -0.888. The van der Waals surface area contributed by atoms with Crippen LogP contribution in [0.1, 0.15) is 78.0 Å². The van der Waals surface area contributed by atoms with Crippen molar-refractivity contribution < 1.29 is 98.3 Å². The van der Waals surface area contributed by atoms with Crippen LogP contribution < -0.4 is 10.1 Å². The van der Waals surface area contributed by atoms with E-state index < -0.39 is 174 Å². The molecule has 60 heavy (non-hydrogen) atoms. The lowest BCUT2D eigenvalue weighted by molar-refractivity contribution is -0.353. The number of hydrogen-bond donors (Lipinski definition) is 11. The van der Waals surface area contributed by atoms with E-state index in [1.165, 1.54) is 19.9 Å². The number of carbonyl (C=O) groups is 4. The number of alkyl halides is 1. The van der Waals surface area contributed by atoms with Gasteiger partial charge in [0.05, 0.1) is 29.4 Å². The highest BCUT2D eigenvalue weighted by atomic mass is 19.1. The third kappa shape index (κ3) is 7.11. The van der Waals surface area contributed by atoms with Gasteiger partial charge in [-0.2, -0.15) is 0 Å². The Balaban J connectivity index is 1.35. The topological polar surface area (TPSA) is 329 Å². The van der Waals surface area contributed by atoms with Crippen LogP contribution in [-0.4, -0.2) is 156 Å². The molecule has 2 aliphatic carbocycles. The lowest BCUT2D eigenvalue weighted by atomic mass is 9.74. The first-order chi connectivity index (χ1) is 28.4. The minimum atomic E-state index is -1.97. The average molecular weight is 846 g/mol. The molecule has 0 aromatic heterocycles. The van der Waals surface area contributed by atoms with Gasteiger partial charge in [-0.05, 0) is 42.7 Å². The molecule has 1 amide bonds. The number of phenolic OH excluding ortho intramolecular Hbond substituents is 3. The lowest BCUT2D eigenvalue weighted by Crippen LogP contribution is -2.62. The van der Waals surface area contributed by atoms with Crippen molar-refractivity contribution in [1.29, 1.82) is 0 Å². The van der Waals surface area contributed by atoms with E-state index in [4.69, 9.17) is 23.7 Å². The summed E-state index contributed by atoms with van der Waals surface area (Å²) in [5.41, 5.74) is -4.15. The summed E-state index contributed by atoms with van der Waals surface area (Å²) >= 11 is 0. The molecule has 4 aliphatic rings. The Hall–Kier alpha value is -5.33. The summed E-state index contributed by atoms with van der Waals surface area (Å²) in [6.45, 7) is -0.0501. The zero-order valence-electron chi connectivity index (χ0n) is 31.5. The molecule has 3 aromatic rings. The van der Waals surface area contributed by atoms with Crippen LogP contribution in [-0.2, 0) is 23.7 Å². The fourth-order valence-electron chi connectivity index (χ4n) is 7.92. The van der Waals surface area contributed by atoms with E-state index in [1.807, 2.05) is 0 Å². The second-order valence-electron chi connectivity index (χ2n) is 14.7. The average Bonchev–Trinajstić information content (AvgIpc) is 3.19. The number of aromatic hydroxyl groups is 3. The van der Waals surface area contributed by atoms with Gasteiger partial charge in [0, 0.05) is 28.3 Å². The van der Waals surface area contributed by atoms with E-state index in [1.54, 1.807) is 0 Å². The smallest absolute Gasteiger partial charge is 0.322 e. The molecule has 0 unspecified atom stereocenters. The Morgan fingerprint density at radius 1 is 0.817 bits per heavy atom. The fourth-order valence-corrected chi connectivity index (χ4v) is 7.92. The molecule has 7 rings (SSSR count). The van der Waals surface area contributed by atoms with Crippen LogP contribution in [0.3, 0.4) is 0 Å². The molecule has 0 radical (unpaired) electrons. The van der Waals surface area contributed by atoms with Gasteiger partial charge in [0.2, 0.25) is 0 Å². The Morgan fingerprint density at radius 3 is 2.17 bits per heavy atom. The number of carboxylic acids is 1. The van der Waals surface area contributed by atoms with Crippen molar-refractivity contribution in [3.63, 3.8) is 0 Å². The molecule has 2 aliphatic heterocycles. The third-order valence-electron chi connectivity index (χ3n) is 10.8. The predicted molar refractivity (Wildman–Crippen MR) is 194 cm³/mol.